The van der Waals surface area contributed by atoms with Gasteiger partial charge in [-0.05, 0) is 96.2 Å². The van der Waals surface area contributed by atoms with Crippen LogP contribution in [0.5, 0.6) is 0 Å². The summed E-state index contributed by atoms with van der Waals surface area (Å²) in [7, 11) is 4.09. The number of fused-ring (bicyclic) bond motifs is 4. The van der Waals surface area contributed by atoms with Gasteiger partial charge in [0.2, 0.25) is 0 Å². The predicted octanol–water partition coefficient (Wildman–Crippen LogP) is 6.18. The molecular formula is C33H34FNO3. The minimum absolute atomic E-state index is 0.176. The normalized spacial score (nSPS) is 28.3. The molecule has 2 aliphatic carbocycles. The highest BCUT2D eigenvalue weighted by Crippen LogP contribution is 2.55. The number of allylic oxidation sites excluding steroid dienone is 3. The van der Waals surface area contributed by atoms with Crippen molar-refractivity contribution in [1.82, 2.24) is 0 Å². The topological polar surface area (TPSA) is 38.8 Å². The second-order valence-corrected chi connectivity index (χ2v) is 11.2. The van der Waals surface area contributed by atoms with Crippen molar-refractivity contribution >= 4 is 11.5 Å². The maximum atomic E-state index is 13.7. The van der Waals surface area contributed by atoms with Gasteiger partial charge in [-0.15, -0.1) is 0 Å². The summed E-state index contributed by atoms with van der Waals surface area (Å²) in [5.74, 6) is 7.03. The molecule has 2 heterocycles. The molecule has 5 heteroatoms. The van der Waals surface area contributed by atoms with Gasteiger partial charge in [0.15, 0.2) is 5.78 Å². The van der Waals surface area contributed by atoms with Crippen LogP contribution in [-0.2, 0) is 14.3 Å². The van der Waals surface area contributed by atoms with E-state index < -0.39 is 5.60 Å². The van der Waals surface area contributed by atoms with Crippen molar-refractivity contribution in [2.45, 2.75) is 50.2 Å². The first-order valence-electron chi connectivity index (χ1n) is 13.7. The van der Waals surface area contributed by atoms with E-state index in [2.05, 4.69) is 41.0 Å². The fourth-order valence-electron chi connectivity index (χ4n) is 6.88. The molecule has 4 atom stereocenters. The zero-order valence-corrected chi connectivity index (χ0v) is 22.1. The van der Waals surface area contributed by atoms with Gasteiger partial charge >= 0.3 is 0 Å². The zero-order chi connectivity index (χ0) is 26.3. The standard InChI is InChI=1S/C33H34FNO3/c1-35(2)26-11-8-23(9-12-26)32-31-28-15-13-27(36)20-24(28)10-14-29(31)30-16-18-38-33(30,21-37-32)17-4-6-22-5-3-7-25(34)19-22/h3,5,7-9,11-12,19-20,29-30,32H,10,13-18,21H2,1-2H3. The summed E-state index contributed by atoms with van der Waals surface area (Å²) in [4.78, 5) is 14.4. The largest absolute Gasteiger partial charge is 0.378 e. The maximum Gasteiger partial charge on any atom is 0.156 e. The van der Waals surface area contributed by atoms with Crippen molar-refractivity contribution in [3.63, 3.8) is 0 Å². The first-order chi connectivity index (χ1) is 18.4. The number of anilines is 1. The van der Waals surface area contributed by atoms with Crippen LogP contribution in [0.25, 0.3) is 0 Å². The van der Waals surface area contributed by atoms with E-state index in [9.17, 15) is 9.18 Å². The molecule has 4 nitrogen and oxygen atoms in total. The number of carbonyl (C=O) groups excluding carboxylic acids is 1. The summed E-state index contributed by atoms with van der Waals surface area (Å²) in [5, 5.41) is 0. The highest BCUT2D eigenvalue weighted by molar-refractivity contribution is 5.93. The third kappa shape index (κ3) is 4.61. The minimum atomic E-state index is -0.499. The maximum absolute atomic E-state index is 13.7. The molecular weight excluding hydrogens is 477 g/mol. The molecule has 2 saturated heterocycles. The molecule has 4 aliphatic rings. The van der Waals surface area contributed by atoms with E-state index in [4.69, 9.17) is 9.47 Å². The molecule has 0 radical (unpaired) electrons. The van der Waals surface area contributed by atoms with Gasteiger partial charge in [0.25, 0.3) is 0 Å². The van der Waals surface area contributed by atoms with Crippen molar-refractivity contribution in [1.29, 1.82) is 0 Å². The Morgan fingerprint density at radius 3 is 2.71 bits per heavy atom. The first kappa shape index (κ1) is 25.1. The lowest BCUT2D eigenvalue weighted by Gasteiger charge is -2.39. The molecule has 2 aromatic carbocycles. The number of ketones is 1. The Labute approximate surface area is 224 Å². The van der Waals surface area contributed by atoms with Crippen LogP contribution in [0.4, 0.5) is 10.1 Å². The Morgan fingerprint density at radius 1 is 1.08 bits per heavy atom. The number of hydrogen-bond donors (Lipinski definition) is 0. The lowest BCUT2D eigenvalue weighted by molar-refractivity contribution is -0.114. The van der Waals surface area contributed by atoms with Crippen molar-refractivity contribution in [2.24, 2.45) is 11.8 Å². The summed E-state index contributed by atoms with van der Waals surface area (Å²) in [6.07, 6.45) is 6.47. The lowest BCUT2D eigenvalue weighted by atomic mass is 9.65. The number of carbonyl (C=O) groups is 1. The van der Waals surface area contributed by atoms with Crippen LogP contribution in [0.1, 0.15) is 55.8 Å². The molecule has 0 spiro atoms. The van der Waals surface area contributed by atoms with Crippen LogP contribution < -0.4 is 4.90 Å². The number of hydrogen-bond acceptors (Lipinski definition) is 4. The van der Waals surface area contributed by atoms with Crippen molar-refractivity contribution in [2.75, 3.05) is 32.2 Å². The third-order valence-electron chi connectivity index (χ3n) is 8.73. The minimum Gasteiger partial charge on any atom is -0.378 e. The number of nitrogens with zero attached hydrogens (tertiary/aromatic N) is 1. The molecule has 2 fully saturated rings. The highest BCUT2D eigenvalue weighted by Gasteiger charge is 2.53. The molecule has 0 amide bonds. The Balaban J connectivity index is 1.40. The molecule has 0 aromatic heterocycles. The van der Waals surface area contributed by atoms with E-state index in [1.165, 1.54) is 28.9 Å². The van der Waals surface area contributed by atoms with Gasteiger partial charge in [-0.2, -0.15) is 0 Å². The Kier molecular flexibility index (Phi) is 6.72. The molecule has 0 N–H and O–H groups in total. The quantitative estimate of drug-likeness (QED) is 0.462. The average Bonchev–Trinajstić information content (AvgIpc) is 3.26. The molecule has 38 heavy (non-hydrogen) atoms. The molecule has 6 rings (SSSR count). The number of rotatable bonds is 3. The van der Waals surface area contributed by atoms with Crippen molar-refractivity contribution in [3.8, 4) is 11.8 Å². The fraction of sp³-hybridized carbons (Fsp3) is 0.424. The van der Waals surface area contributed by atoms with Gasteiger partial charge in [0.1, 0.15) is 17.5 Å². The van der Waals surface area contributed by atoms with Gasteiger partial charge in [0.05, 0.1) is 6.61 Å². The summed E-state index contributed by atoms with van der Waals surface area (Å²) in [5.41, 5.74) is 6.34. The highest BCUT2D eigenvalue weighted by atomic mass is 19.1. The van der Waals surface area contributed by atoms with Gasteiger partial charge in [-0.3, -0.25) is 4.79 Å². The van der Waals surface area contributed by atoms with Crippen LogP contribution in [0.2, 0.25) is 0 Å². The fourth-order valence-corrected chi connectivity index (χ4v) is 6.88. The molecule has 4 unspecified atom stereocenters. The van der Waals surface area contributed by atoms with Crippen LogP contribution in [0.3, 0.4) is 0 Å². The molecule has 2 aromatic rings. The van der Waals surface area contributed by atoms with E-state index >= 15 is 0 Å². The molecule has 0 saturated carbocycles. The Bertz CT molecular complexity index is 1360. The lowest BCUT2D eigenvalue weighted by Crippen LogP contribution is -2.42. The number of ether oxygens (including phenoxy) is 2. The number of benzene rings is 2. The second-order valence-electron chi connectivity index (χ2n) is 11.2. The Hall–Kier alpha value is -3.20. The third-order valence-corrected chi connectivity index (χ3v) is 8.73. The molecule has 0 bridgehead atoms. The van der Waals surface area contributed by atoms with E-state index in [1.807, 2.05) is 26.2 Å². The monoisotopic (exact) mass is 511 g/mol. The summed E-state index contributed by atoms with van der Waals surface area (Å²) in [6, 6.07) is 15.1. The van der Waals surface area contributed by atoms with Crippen molar-refractivity contribution < 1.29 is 18.7 Å². The average molecular weight is 512 g/mol. The van der Waals surface area contributed by atoms with E-state index in [0.717, 1.165) is 36.9 Å². The number of halogens is 1. The SMILES string of the molecule is CN(C)c1ccc(C2OCC3(CC#Cc4cccc(F)c4)OCCC3C3CCC4=CC(=O)CCC4=C23)cc1. The van der Waals surface area contributed by atoms with Crippen LogP contribution in [0.15, 0.2) is 71.3 Å². The molecule has 2 aliphatic heterocycles. The van der Waals surface area contributed by atoms with E-state index in [1.54, 1.807) is 6.07 Å². The summed E-state index contributed by atoms with van der Waals surface area (Å²) >= 11 is 0. The summed E-state index contributed by atoms with van der Waals surface area (Å²) in [6.45, 7) is 1.15. The summed E-state index contributed by atoms with van der Waals surface area (Å²) < 4.78 is 27.1. The predicted molar refractivity (Wildman–Crippen MR) is 146 cm³/mol. The van der Waals surface area contributed by atoms with Crippen molar-refractivity contribution in [3.05, 3.63) is 88.3 Å². The van der Waals surface area contributed by atoms with E-state index in [-0.39, 0.29) is 23.6 Å². The first-order valence-corrected chi connectivity index (χ1v) is 13.7. The van der Waals surface area contributed by atoms with Crippen LogP contribution in [-0.4, -0.2) is 38.7 Å². The van der Waals surface area contributed by atoms with Gasteiger partial charge in [0, 0.05) is 44.8 Å². The molecule has 196 valence electrons. The smallest absolute Gasteiger partial charge is 0.156 e. The van der Waals surface area contributed by atoms with Gasteiger partial charge in [-0.25, -0.2) is 4.39 Å². The van der Waals surface area contributed by atoms with Crippen LogP contribution >= 0.6 is 0 Å². The van der Waals surface area contributed by atoms with Gasteiger partial charge < -0.3 is 14.4 Å². The van der Waals surface area contributed by atoms with Crippen LogP contribution in [0, 0.1) is 29.5 Å². The Morgan fingerprint density at radius 2 is 1.92 bits per heavy atom. The van der Waals surface area contributed by atoms with E-state index in [0.29, 0.717) is 37.5 Å². The zero-order valence-electron chi connectivity index (χ0n) is 22.1. The van der Waals surface area contributed by atoms with Gasteiger partial charge in [-0.1, -0.05) is 30.0 Å². The second kappa shape index (κ2) is 10.2.